The van der Waals surface area contributed by atoms with Crippen LogP contribution in [0.1, 0.15) is 31.7 Å². The number of amides is 1. The molecule has 19 heavy (non-hydrogen) atoms. The third-order valence-corrected chi connectivity index (χ3v) is 4.68. The van der Waals surface area contributed by atoms with Crippen LogP contribution in [0.25, 0.3) is 0 Å². The van der Waals surface area contributed by atoms with Crippen molar-refractivity contribution >= 4 is 28.5 Å². The molecule has 1 heterocycles. The summed E-state index contributed by atoms with van der Waals surface area (Å²) in [5.74, 6) is 0.659. The van der Waals surface area contributed by atoms with Crippen molar-refractivity contribution in [2.45, 2.75) is 32.6 Å². The van der Waals surface area contributed by atoms with Crippen molar-refractivity contribution in [3.8, 4) is 5.75 Å². The summed E-state index contributed by atoms with van der Waals surface area (Å²) < 4.78 is 0.851. The van der Waals surface area contributed by atoms with Crippen LogP contribution in [0.15, 0.2) is 18.2 Å². The Labute approximate surface area is 128 Å². The van der Waals surface area contributed by atoms with Gasteiger partial charge in [-0.25, -0.2) is 0 Å². The van der Waals surface area contributed by atoms with Gasteiger partial charge in [-0.05, 0) is 66.5 Å². The van der Waals surface area contributed by atoms with Gasteiger partial charge in [0.25, 0.3) is 0 Å². The van der Waals surface area contributed by atoms with Gasteiger partial charge in [-0.15, -0.1) is 0 Å². The van der Waals surface area contributed by atoms with Crippen LogP contribution in [0.4, 0.5) is 0 Å². The zero-order valence-electron chi connectivity index (χ0n) is 11.2. The number of phenolic OH excluding ortho intramolecular Hbond substituents is 1. The Morgan fingerprint density at radius 3 is 2.89 bits per heavy atom. The summed E-state index contributed by atoms with van der Waals surface area (Å²) in [6.07, 6.45) is 3.92. The lowest BCUT2D eigenvalue weighted by atomic mass is 9.94. The highest BCUT2D eigenvalue weighted by molar-refractivity contribution is 14.1. The van der Waals surface area contributed by atoms with Crippen molar-refractivity contribution in [2.75, 3.05) is 13.1 Å². The summed E-state index contributed by atoms with van der Waals surface area (Å²) in [6, 6.07) is 5.70. The average Bonchev–Trinajstić information content (AvgIpc) is 2.57. The van der Waals surface area contributed by atoms with Crippen LogP contribution in [0.3, 0.4) is 0 Å². The molecule has 0 bridgehead atoms. The van der Waals surface area contributed by atoms with E-state index in [2.05, 4.69) is 22.6 Å². The van der Waals surface area contributed by atoms with Crippen LogP contribution in [-0.4, -0.2) is 29.0 Å². The second-order valence-electron chi connectivity index (χ2n) is 5.10. The number of nitrogens with zero attached hydrogens (tertiary/aromatic N) is 1. The maximum absolute atomic E-state index is 12.4. The Hall–Kier alpha value is -0.780. The number of hydrogen-bond donors (Lipinski definition) is 1. The molecule has 1 unspecified atom stereocenters. The number of phenols is 1. The second-order valence-corrected chi connectivity index (χ2v) is 6.26. The molecule has 2 rings (SSSR count). The Kier molecular flexibility index (Phi) is 5.07. The highest BCUT2D eigenvalue weighted by Gasteiger charge is 2.26. The molecule has 0 saturated carbocycles. The molecule has 4 heteroatoms. The first kappa shape index (κ1) is 14.6. The van der Waals surface area contributed by atoms with Crippen LogP contribution in [0, 0.1) is 9.49 Å². The quantitative estimate of drug-likeness (QED) is 0.827. The first-order chi connectivity index (χ1) is 9.11. The minimum Gasteiger partial charge on any atom is -0.507 e. The summed E-state index contributed by atoms with van der Waals surface area (Å²) in [5, 5.41) is 9.75. The zero-order chi connectivity index (χ0) is 13.8. The number of carbonyl (C=O) groups is 1. The molecule has 1 aromatic rings. The van der Waals surface area contributed by atoms with Crippen molar-refractivity contribution in [1.82, 2.24) is 4.90 Å². The van der Waals surface area contributed by atoms with Crippen molar-refractivity contribution in [1.29, 1.82) is 0 Å². The number of halogens is 1. The molecule has 3 nitrogen and oxygen atoms in total. The molecule has 1 aliphatic heterocycles. The number of hydrogen-bond acceptors (Lipinski definition) is 2. The maximum atomic E-state index is 12.4. The van der Waals surface area contributed by atoms with E-state index in [9.17, 15) is 9.90 Å². The molecule has 1 aliphatic rings. The molecule has 1 N–H and O–H groups in total. The number of aromatic hydroxyl groups is 1. The highest BCUT2D eigenvalue weighted by atomic mass is 127. The van der Waals surface area contributed by atoms with Gasteiger partial charge in [0, 0.05) is 19.0 Å². The van der Waals surface area contributed by atoms with E-state index in [0.29, 0.717) is 5.75 Å². The van der Waals surface area contributed by atoms with Gasteiger partial charge >= 0.3 is 0 Å². The fourth-order valence-corrected chi connectivity index (χ4v) is 2.99. The predicted octanol–water partition coefficient (Wildman–Crippen LogP) is 3.19. The fraction of sp³-hybridized carbons (Fsp3) is 0.533. The number of carbonyl (C=O) groups excluding carboxylic acids is 1. The van der Waals surface area contributed by atoms with Gasteiger partial charge in [-0.3, -0.25) is 4.79 Å². The van der Waals surface area contributed by atoms with Gasteiger partial charge in [0.05, 0.1) is 3.57 Å². The summed E-state index contributed by atoms with van der Waals surface area (Å²) in [7, 11) is 0. The minimum atomic E-state index is 0.0712. The SMILES string of the molecule is CCN1CCCCC(Cc2ccc(I)c(O)c2)C1=O. The first-order valence-corrected chi connectivity index (χ1v) is 7.96. The van der Waals surface area contributed by atoms with E-state index in [1.54, 1.807) is 6.07 Å². The lowest BCUT2D eigenvalue weighted by Crippen LogP contribution is -2.35. The van der Waals surface area contributed by atoms with Crippen molar-refractivity contribution < 1.29 is 9.90 Å². The van der Waals surface area contributed by atoms with Gasteiger partial charge in [0.1, 0.15) is 5.75 Å². The van der Waals surface area contributed by atoms with Crippen molar-refractivity contribution in [3.63, 3.8) is 0 Å². The molecule has 1 atom stereocenters. The molecule has 0 spiro atoms. The maximum Gasteiger partial charge on any atom is 0.226 e. The van der Waals surface area contributed by atoms with E-state index in [0.717, 1.165) is 47.9 Å². The molecule has 0 aliphatic carbocycles. The Balaban J connectivity index is 2.11. The Morgan fingerprint density at radius 1 is 1.42 bits per heavy atom. The van der Waals surface area contributed by atoms with E-state index >= 15 is 0 Å². The summed E-state index contributed by atoms with van der Waals surface area (Å²) in [4.78, 5) is 14.4. The summed E-state index contributed by atoms with van der Waals surface area (Å²) >= 11 is 2.11. The van der Waals surface area contributed by atoms with E-state index in [1.165, 1.54) is 0 Å². The molecule has 1 amide bonds. The van der Waals surface area contributed by atoms with Crippen LogP contribution in [0.2, 0.25) is 0 Å². The molecule has 1 fully saturated rings. The highest BCUT2D eigenvalue weighted by Crippen LogP contribution is 2.25. The number of benzene rings is 1. The molecule has 1 saturated heterocycles. The van der Waals surface area contributed by atoms with Gasteiger partial charge in [0.15, 0.2) is 0 Å². The van der Waals surface area contributed by atoms with Crippen LogP contribution in [-0.2, 0) is 11.2 Å². The third kappa shape index (κ3) is 3.61. The van der Waals surface area contributed by atoms with E-state index < -0.39 is 0 Å². The lowest BCUT2D eigenvalue weighted by molar-refractivity contribution is -0.134. The smallest absolute Gasteiger partial charge is 0.226 e. The van der Waals surface area contributed by atoms with Crippen LogP contribution in [0.5, 0.6) is 5.75 Å². The van der Waals surface area contributed by atoms with E-state index in [1.807, 2.05) is 24.0 Å². The molecule has 0 aromatic heterocycles. The largest absolute Gasteiger partial charge is 0.507 e. The van der Waals surface area contributed by atoms with Crippen LogP contribution >= 0.6 is 22.6 Å². The molecule has 0 radical (unpaired) electrons. The topological polar surface area (TPSA) is 40.5 Å². The monoisotopic (exact) mass is 373 g/mol. The molecular formula is C15H20INO2. The standard InChI is InChI=1S/C15H20INO2/c1-2-17-8-4-3-5-12(15(17)19)9-11-6-7-13(16)14(18)10-11/h6-7,10,12,18H,2-5,8-9H2,1H3. The minimum absolute atomic E-state index is 0.0712. The van der Waals surface area contributed by atoms with Gasteiger partial charge in [0.2, 0.25) is 5.91 Å². The van der Waals surface area contributed by atoms with E-state index in [-0.39, 0.29) is 11.8 Å². The normalized spacial score (nSPS) is 20.4. The fourth-order valence-electron chi connectivity index (χ4n) is 2.66. The predicted molar refractivity (Wildman–Crippen MR) is 84.1 cm³/mol. The second kappa shape index (κ2) is 6.59. The van der Waals surface area contributed by atoms with Crippen molar-refractivity contribution in [3.05, 3.63) is 27.3 Å². The third-order valence-electron chi connectivity index (χ3n) is 3.77. The summed E-state index contributed by atoms with van der Waals surface area (Å²) in [5.41, 5.74) is 1.05. The molecule has 1 aromatic carbocycles. The lowest BCUT2D eigenvalue weighted by Gasteiger charge is -2.22. The molecular weight excluding hydrogens is 353 g/mol. The zero-order valence-corrected chi connectivity index (χ0v) is 13.4. The average molecular weight is 373 g/mol. The van der Waals surface area contributed by atoms with Crippen LogP contribution < -0.4 is 0 Å². The van der Waals surface area contributed by atoms with Crippen molar-refractivity contribution in [2.24, 2.45) is 5.92 Å². The number of rotatable bonds is 3. The van der Waals surface area contributed by atoms with Gasteiger partial charge in [-0.2, -0.15) is 0 Å². The molecule has 104 valence electrons. The number of likely N-dealkylation sites (tertiary alicyclic amines) is 1. The van der Waals surface area contributed by atoms with E-state index in [4.69, 9.17) is 0 Å². The first-order valence-electron chi connectivity index (χ1n) is 6.88. The van der Waals surface area contributed by atoms with Gasteiger partial charge < -0.3 is 10.0 Å². The Morgan fingerprint density at radius 2 is 2.21 bits per heavy atom. The van der Waals surface area contributed by atoms with Gasteiger partial charge in [-0.1, -0.05) is 12.5 Å². The Bertz CT molecular complexity index is 461. The summed E-state index contributed by atoms with van der Waals surface area (Å²) in [6.45, 7) is 3.73.